The first-order valence-electron chi connectivity index (χ1n) is 6.34. The highest BCUT2D eigenvalue weighted by Gasteiger charge is 2.14. The summed E-state index contributed by atoms with van der Waals surface area (Å²) in [7, 11) is 0. The number of rotatable bonds is 5. The van der Waals surface area contributed by atoms with Crippen LogP contribution >= 0.6 is 11.6 Å². The van der Waals surface area contributed by atoms with E-state index < -0.39 is 11.9 Å². The number of nitrogens with one attached hydrogen (secondary N) is 1. The molecular weight excluding hydrogens is 271 g/mol. The predicted octanol–water partition coefficient (Wildman–Crippen LogP) is 1.12. The molecule has 1 saturated heterocycles. The van der Waals surface area contributed by atoms with Gasteiger partial charge in [0.15, 0.2) is 0 Å². The fraction of sp³-hybridized carbons (Fsp3) is 0.538. The molecule has 0 aliphatic carbocycles. The van der Waals surface area contributed by atoms with Crippen LogP contribution in [0, 0.1) is 5.82 Å². The second kappa shape index (κ2) is 7.05. The summed E-state index contributed by atoms with van der Waals surface area (Å²) in [4.78, 5) is 2.18. The molecule has 0 aromatic heterocycles. The normalized spacial score (nSPS) is 18.3. The lowest BCUT2D eigenvalue weighted by Gasteiger charge is -2.29. The van der Waals surface area contributed by atoms with E-state index in [1.807, 2.05) is 0 Å². The maximum atomic E-state index is 13.0. The van der Waals surface area contributed by atoms with Crippen LogP contribution in [0.15, 0.2) is 18.2 Å². The average molecular weight is 289 g/mol. The molecule has 0 saturated carbocycles. The van der Waals surface area contributed by atoms with Gasteiger partial charge in [0.1, 0.15) is 24.3 Å². The number of ether oxygens (including phenoxy) is 1. The van der Waals surface area contributed by atoms with Crippen molar-refractivity contribution in [1.29, 1.82) is 0 Å². The van der Waals surface area contributed by atoms with E-state index in [2.05, 4.69) is 10.2 Å². The fourth-order valence-electron chi connectivity index (χ4n) is 2.00. The van der Waals surface area contributed by atoms with Crippen LogP contribution in [0.4, 0.5) is 4.39 Å². The van der Waals surface area contributed by atoms with Crippen molar-refractivity contribution in [3.05, 3.63) is 29.0 Å². The van der Waals surface area contributed by atoms with Crippen LogP contribution in [0.3, 0.4) is 0 Å². The number of halogens is 2. The predicted molar refractivity (Wildman–Crippen MR) is 72.2 cm³/mol. The smallest absolute Gasteiger partial charge is 0.142 e. The van der Waals surface area contributed by atoms with Gasteiger partial charge >= 0.3 is 0 Å². The minimum Gasteiger partial charge on any atom is -0.491 e. The van der Waals surface area contributed by atoms with E-state index in [9.17, 15) is 9.50 Å². The summed E-state index contributed by atoms with van der Waals surface area (Å²) in [5.74, 6) is -0.0128. The Labute approximate surface area is 117 Å². The molecule has 6 heteroatoms. The number of benzene rings is 1. The third kappa shape index (κ3) is 4.62. The Morgan fingerprint density at radius 1 is 1.42 bits per heavy atom. The zero-order chi connectivity index (χ0) is 13.7. The van der Waals surface area contributed by atoms with E-state index in [4.69, 9.17) is 16.3 Å². The summed E-state index contributed by atoms with van der Waals surface area (Å²) < 4.78 is 18.4. The van der Waals surface area contributed by atoms with E-state index in [0.717, 1.165) is 26.2 Å². The Morgan fingerprint density at radius 3 is 2.84 bits per heavy atom. The van der Waals surface area contributed by atoms with Crippen molar-refractivity contribution in [3.8, 4) is 5.75 Å². The summed E-state index contributed by atoms with van der Waals surface area (Å²) in [6.45, 7) is 4.50. The molecule has 4 nitrogen and oxygen atoms in total. The van der Waals surface area contributed by atoms with Gasteiger partial charge in [-0.3, -0.25) is 4.90 Å². The molecule has 1 aliphatic rings. The van der Waals surface area contributed by atoms with Gasteiger partial charge < -0.3 is 15.2 Å². The number of piperazine rings is 1. The zero-order valence-corrected chi connectivity index (χ0v) is 11.4. The second-order valence-electron chi connectivity index (χ2n) is 4.59. The molecule has 1 aliphatic heterocycles. The van der Waals surface area contributed by atoms with Crippen LogP contribution in [-0.4, -0.2) is 55.4 Å². The van der Waals surface area contributed by atoms with Gasteiger partial charge in [0.05, 0.1) is 5.02 Å². The summed E-state index contributed by atoms with van der Waals surface area (Å²) in [6.07, 6.45) is -0.568. The van der Waals surface area contributed by atoms with E-state index in [1.54, 1.807) is 0 Å². The SMILES string of the molecule is OC(COc1ccc(F)c(Cl)c1)CN1CCNCC1. The first kappa shape index (κ1) is 14.5. The van der Waals surface area contributed by atoms with Crippen molar-refractivity contribution in [3.63, 3.8) is 0 Å². The molecule has 2 N–H and O–H groups in total. The maximum Gasteiger partial charge on any atom is 0.142 e. The van der Waals surface area contributed by atoms with Gasteiger partial charge in [-0.15, -0.1) is 0 Å². The molecule has 1 unspecified atom stereocenters. The highest BCUT2D eigenvalue weighted by Crippen LogP contribution is 2.21. The van der Waals surface area contributed by atoms with Crippen LogP contribution < -0.4 is 10.1 Å². The maximum absolute atomic E-state index is 13.0. The summed E-state index contributed by atoms with van der Waals surface area (Å²) in [5.41, 5.74) is 0. The number of hydrogen-bond donors (Lipinski definition) is 2. The molecule has 0 radical (unpaired) electrons. The third-order valence-electron chi connectivity index (χ3n) is 3.01. The monoisotopic (exact) mass is 288 g/mol. The molecule has 1 atom stereocenters. The molecule has 1 fully saturated rings. The quantitative estimate of drug-likeness (QED) is 0.852. The average Bonchev–Trinajstić information content (AvgIpc) is 2.41. The number of hydrogen-bond acceptors (Lipinski definition) is 4. The highest BCUT2D eigenvalue weighted by atomic mass is 35.5. The standard InChI is InChI=1S/C13H18ClFN2O2/c14-12-7-11(1-2-13(12)15)19-9-10(18)8-17-5-3-16-4-6-17/h1-2,7,10,16,18H,3-6,8-9H2. The van der Waals surface area contributed by atoms with Crippen molar-refractivity contribution >= 4 is 11.6 Å². The van der Waals surface area contributed by atoms with Crippen molar-refractivity contribution < 1.29 is 14.2 Å². The van der Waals surface area contributed by atoms with Gasteiger partial charge in [0.2, 0.25) is 0 Å². The van der Waals surface area contributed by atoms with Gasteiger partial charge in [-0.05, 0) is 12.1 Å². The second-order valence-corrected chi connectivity index (χ2v) is 5.00. The minimum absolute atomic E-state index is 0.0223. The highest BCUT2D eigenvalue weighted by molar-refractivity contribution is 6.30. The molecule has 2 rings (SSSR count). The Morgan fingerprint density at radius 2 is 2.16 bits per heavy atom. The molecular formula is C13H18ClFN2O2. The van der Waals surface area contributed by atoms with E-state index in [-0.39, 0.29) is 11.6 Å². The Bertz CT molecular complexity index is 414. The summed E-state index contributed by atoms with van der Waals surface area (Å²) in [5, 5.41) is 13.2. The van der Waals surface area contributed by atoms with Gasteiger partial charge in [-0.25, -0.2) is 4.39 Å². The first-order chi connectivity index (χ1) is 9.15. The fourth-order valence-corrected chi connectivity index (χ4v) is 2.17. The van der Waals surface area contributed by atoms with Gasteiger partial charge in [0, 0.05) is 38.8 Å². The topological polar surface area (TPSA) is 44.7 Å². The first-order valence-corrected chi connectivity index (χ1v) is 6.72. The van der Waals surface area contributed by atoms with Crippen molar-refractivity contribution in [2.24, 2.45) is 0 Å². The lowest BCUT2D eigenvalue weighted by Crippen LogP contribution is -2.47. The van der Waals surface area contributed by atoms with Crippen molar-refractivity contribution in [2.45, 2.75) is 6.10 Å². The molecule has 0 amide bonds. The lowest BCUT2D eigenvalue weighted by atomic mass is 10.3. The molecule has 1 heterocycles. The largest absolute Gasteiger partial charge is 0.491 e. The molecule has 0 spiro atoms. The van der Waals surface area contributed by atoms with E-state index in [0.29, 0.717) is 12.3 Å². The third-order valence-corrected chi connectivity index (χ3v) is 3.30. The number of aliphatic hydroxyl groups is 1. The van der Waals surface area contributed by atoms with Gasteiger partial charge in [-0.1, -0.05) is 11.6 Å². The number of β-amino-alcohol motifs (C(OH)–C–C–N with tert-alkyl or cyclic N) is 1. The van der Waals surface area contributed by atoms with Crippen LogP contribution in [0.5, 0.6) is 5.75 Å². The van der Waals surface area contributed by atoms with Crippen molar-refractivity contribution in [2.75, 3.05) is 39.3 Å². The van der Waals surface area contributed by atoms with Gasteiger partial charge in [-0.2, -0.15) is 0 Å². The molecule has 0 bridgehead atoms. The zero-order valence-electron chi connectivity index (χ0n) is 10.6. The van der Waals surface area contributed by atoms with E-state index >= 15 is 0 Å². The van der Waals surface area contributed by atoms with Crippen molar-refractivity contribution in [1.82, 2.24) is 10.2 Å². The summed E-state index contributed by atoms with van der Waals surface area (Å²) in [6, 6.07) is 4.16. The molecule has 19 heavy (non-hydrogen) atoms. The van der Waals surface area contributed by atoms with Crippen LogP contribution in [0.1, 0.15) is 0 Å². The van der Waals surface area contributed by atoms with Gasteiger partial charge in [0.25, 0.3) is 0 Å². The minimum atomic E-state index is -0.568. The molecule has 1 aromatic carbocycles. The summed E-state index contributed by atoms with van der Waals surface area (Å²) >= 11 is 5.65. The van der Waals surface area contributed by atoms with Crippen LogP contribution in [-0.2, 0) is 0 Å². The Hall–Kier alpha value is -0.880. The Balaban J connectivity index is 1.75. The van der Waals surface area contributed by atoms with Crippen LogP contribution in [0.2, 0.25) is 5.02 Å². The Kier molecular flexibility index (Phi) is 5.39. The molecule has 106 valence electrons. The number of aliphatic hydroxyl groups excluding tert-OH is 1. The lowest BCUT2D eigenvalue weighted by molar-refractivity contribution is 0.0641. The number of nitrogens with zero attached hydrogens (tertiary/aromatic N) is 1. The van der Waals surface area contributed by atoms with E-state index in [1.165, 1.54) is 18.2 Å². The van der Waals surface area contributed by atoms with Crippen LogP contribution in [0.25, 0.3) is 0 Å². The molecule has 1 aromatic rings.